The van der Waals surface area contributed by atoms with E-state index in [1.165, 1.54) is 32.1 Å². The molecule has 0 aromatic carbocycles. The van der Waals surface area contributed by atoms with Crippen molar-refractivity contribution in [3.05, 3.63) is 0 Å². The fourth-order valence-corrected chi connectivity index (χ4v) is 2.85. The van der Waals surface area contributed by atoms with Crippen LogP contribution in [-0.4, -0.2) is 43.8 Å². The van der Waals surface area contributed by atoms with Gasteiger partial charge in [-0.05, 0) is 39.7 Å². The first-order chi connectivity index (χ1) is 8.15. The molecule has 1 fully saturated rings. The van der Waals surface area contributed by atoms with Crippen molar-refractivity contribution in [1.82, 2.24) is 4.90 Å². The van der Waals surface area contributed by atoms with Gasteiger partial charge in [-0.3, -0.25) is 4.90 Å². The maximum Gasteiger partial charge on any atom is 0.0596 e. The van der Waals surface area contributed by atoms with Crippen LogP contribution in [0.5, 0.6) is 0 Å². The van der Waals surface area contributed by atoms with Gasteiger partial charge in [0.25, 0.3) is 0 Å². The molecule has 3 nitrogen and oxygen atoms in total. The van der Waals surface area contributed by atoms with Crippen molar-refractivity contribution in [1.29, 1.82) is 0 Å². The minimum atomic E-state index is 0.328. The Morgan fingerprint density at radius 1 is 1.24 bits per heavy atom. The molecule has 0 aliphatic heterocycles. The zero-order chi connectivity index (χ0) is 12.7. The lowest BCUT2D eigenvalue weighted by molar-refractivity contribution is 0.0463. The molecule has 0 heterocycles. The maximum absolute atomic E-state index is 5.95. The monoisotopic (exact) mass is 242 g/mol. The van der Waals surface area contributed by atoms with Gasteiger partial charge < -0.3 is 10.5 Å². The van der Waals surface area contributed by atoms with Crippen molar-refractivity contribution >= 4 is 0 Å². The lowest BCUT2D eigenvalue weighted by Gasteiger charge is -2.36. The maximum atomic E-state index is 5.95. The predicted octanol–water partition coefficient (Wildman–Crippen LogP) is 2.25. The van der Waals surface area contributed by atoms with Gasteiger partial charge >= 0.3 is 0 Å². The molecule has 0 saturated heterocycles. The Morgan fingerprint density at radius 2 is 1.88 bits per heavy atom. The van der Waals surface area contributed by atoms with Crippen LogP contribution in [0.2, 0.25) is 0 Å². The Balaban J connectivity index is 2.31. The van der Waals surface area contributed by atoms with Gasteiger partial charge in [-0.25, -0.2) is 0 Å². The highest BCUT2D eigenvalue weighted by molar-refractivity contribution is 4.81. The number of hydrogen-bond acceptors (Lipinski definition) is 3. The number of likely N-dealkylation sites (N-methyl/N-ethyl adjacent to an activating group) is 1. The molecule has 1 atom stereocenters. The first kappa shape index (κ1) is 14.9. The second-order valence-corrected chi connectivity index (χ2v) is 5.60. The van der Waals surface area contributed by atoms with Gasteiger partial charge in [-0.2, -0.15) is 0 Å². The van der Waals surface area contributed by atoms with Gasteiger partial charge in [0.1, 0.15) is 0 Å². The number of nitrogens with two attached hydrogens (primary N) is 1. The van der Waals surface area contributed by atoms with E-state index in [2.05, 4.69) is 25.8 Å². The molecule has 102 valence electrons. The van der Waals surface area contributed by atoms with Gasteiger partial charge in [0, 0.05) is 19.1 Å². The fourth-order valence-electron chi connectivity index (χ4n) is 2.85. The van der Waals surface area contributed by atoms with Gasteiger partial charge in [-0.15, -0.1) is 0 Å². The molecule has 0 radical (unpaired) electrons. The van der Waals surface area contributed by atoms with Crippen molar-refractivity contribution in [3.63, 3.8) is 0 Å². The average molecular weight is 242 g/mol. The second kappa shape index (κ2) is 8.06. The van der Waals surface area contributed by atoms with Crippen LogP contribution >= 0.6 is 0 Å². The standard InChI is InChI=1S/C14H30N2O/c1-12(2)17-10-9-16(3)14(11-15)13-7-5-4-6-8-13/h12-14H,4-11,15H2,1-3H3. The van der Waals surface area contributed by atoms with Crippen LogP contribution in [0.4, 0.5) is 0 Å². The Morgan fingerprint density at radius 3 is 2.41 bits per heavy atom. The summed E-state index contributed by atoms with van der Waals surface area (Å²) in [4.78, 5) is 2.40. The van der Waals surface area contributed by atoms with E-state index in [9.17, 15) is 0 Å². The summed E-state index contributed by atoms with van der Waals surface area (Å²) in [5, 5.41) is 0. The van der Waals surface area contributed by atoms with Gasteiger partial charge in [0.2, 0.25) is 0 Å². The summed E-state index contributed by atoms with van der Waals surface area (Å²) in [6.07, 6.45) is 7.23. The van der Waals surface area contributed by atoms with Crippen molar-refractivity contribution in [2.45, 2.75) is 58.1 Å². The molecule has 0 aromatic heterocycles. The normalized spacial score (nSPS) is 20.1. The average Bonchev–Trinajstić information content (AvgIpc) is 2.31. The highest BCUT2D eigenvalue weighted by atomic mass is 16.5. The molecule has 1 aliphatic rings. The van der Waals surface area contributed by atoms with E-state index in [-0.39, 0.29) is 0 Å². The van der Waals surface area contributed by atoms with Gasteiger partial charge in [0.05, 0.1) is 12.7 Å². The smallest absolute Gasteiger partial charge is 0.0596 e. The summed E-state index contributed by atoms with van der Waals surface area (Å²) in [5.41, 5.74) is 5.95. The topological polar surface area (TPSA) is 38.5 Å². The third-order valence-corrected chi connectivity index (χ3v) is 3.90. The first-order valence-corrected chi connectivity index (χ1v) is 7.17. The number of hydrogen-bond donors (Lipinski definition) is 1. The fraction of sp³-hybridized carbons (Fsp3) is 1.00. The minimum absolute atomic E-state index is 0.328. The van der Waals surface area contributed by atoms with E-state index >= 15 is 0 Å². The Kier molecular flexibility index (Phi) is 7.09. The Labute approximate surface area is 107 Å². The lowest BCUT2D eigenvalue weighted by atomic mass is 9.83. The predicted molar refractivity (Wildman–Crippen MR) is 73.1 cm³/mol. The number of ether oxygens (including phenoxy) is 1. The minimum Gasteiger partial charge on any atom is -0.377 e. The summed E-state index contributed by atoms with van der Waals surface area (Å²) < 4.78 is 5.61. The summed E-state index contributed by atoms with van der Waals surface area (Å²) in [5.74, 6) is 0.804. The molecular weight excluding hydrogens is 212 g/mol. The molecule has 1 unspecified atom stereocenters. The van der Waals surface area contributed by atoms with Crippen molar-refractivity contribution in [3.8, 4) is 0 Å². The van der Waals surface area contributed by atoms with E-state index in [1.807, 2.05) is 0 Å². The van der Waals surface area contributed by atoms with Crippen LogP contribution in [0.15, 0.2) is 0 Å². The molecule has 1 saturated carbocycles. The van der Waals surface area contributed by atoms with Crippen LogP contribution in [0, 0.1) is 5.92 Å². The van der Waals surface area contributed by atoms with Crippen LogP contribution in [-0.2, 0) is 4.74 Å². The van der Waals surface area contributed by atoms with Crippen molar-refractivity contribution in [2.75, 3.05) is 26.7 Å². The highest BCUT2D eigenvalue weighted by Crippen LogP contribution is 2.28. The van der Waals surface area contributed by atoms with Crippen LogP contribution in [0.3, 0.4) is 0 Å². The third-order valence-electron chi connectivity index (χ3n) is 3.90. The second-order valence-electron chi connectivity index (χ2n) is 5.60. The molecule has 2 N–H and O–H groups in total. The van der Waals surface area contributed by atoms with E-state index < -0.39 is 0 Å². The van der Waals surface area contributed by atoms with Crippen LogP contribution in [0.25, 0.3) is 0 Å². The summed E-state index contributed by atoms with van der Waals surface area (Å²) in [7, 11) is 2.19. The SMILES string of the molecule is CC(C)OCCN(C)C(CN)C1CCCCC1. The number of rotatable bonds is 7. The van der Waals surface area contributed by atoms with E-state index in [0.717, 1.165) is 25.6 Å². The quantitative estimate of drug-likeness (QED) is 0.744. The zero-order valence-corrected chi connectivity index (χ0v) is 11.8. The Hall–Kier alpha value is -0.120. The van der Waals surface area contributed by atoms with Crippen LogP contribution < -0.4 is 5.73 Å². The first-order valence-electron chi connectivity index (χ1n) is 7.17. The largest absolute Gasteiger partial charge is 0.377 e. The molecular formula is C14H30N2O. The molecule has 0 amide bonds. The molecule has 1 aliphatic carbocycles. The van der Waals surface area contributed by atoms with Crippen molar-refractivity contribution < 1.29 is 4.74 Å². The molecule has 3 heteroatoms. The molecule has 0 spiro atoms. The summed E-state index contributed by atoms with van der Waals surface area (Å²) in [6, 6.07) is 0.547. The van der Waals surface area contributed by atoms with Gasteiger partial charge in [-0.1, -0.05) is 19.3 Å². The third kappa shape index (κ3) is 5.36. The van der Waals surface area contributed by atoms with E-state index in [0.29, 0.717) is 12.1 Å². The molecule has 17 heavy (non-hydrogen) atoms. The van der Waals surface area contributed by atoms with Crippen molar-refractivity contribution in [2.24, 2.45) is 11.7 Å². The summed E-state index contributed by atoms with van der Waals surface area (Å²) in [6.45, 7) is 6.76. The Bertz CT molecular complexity index is 191. The highest BCUT2D eigenvalue weighted by Gasteiger charge is 2.25. The van der Waals surface area contributed by atoms with Gasteiger partial charge in [0.15, 0.2) is 0 Å². The molecule has 1 rings (SSSR count). The molecule has 0 bridgehead atoms. The van der Waals surface area contributed by atoms with E-state index in [1.54, 1.807) is 0 Å². The zero-order valence-electron chi connectivity index (χ0n) is 11.8. The molecule has 0 aromatic rings. The van der Waals surface area contributed by atoms with E-state index in [4.69, 9.17) is 10.5 Å². The lowest BCUT2D eigenvalue weighted by Crippen LogP contribution is -2.45. The number of nitrogens with zero attached hydrogens (tertiary/aromatic N) is 1. The summed E-state index contributed by atoms with van der Waals surface area (Å²) >= 11 is 0. The van der Waals surface area contributed by atoms with Crippen LogP contribution in [0.1, 0.15) is 46.0 Å².